The second kappa shape index (κ2) is 8.70. The lowest BCUT2D eigenvalue weighted by atomic mass is 9.75. The smallest absolute Gasteiger partial charge is 0.202 e. The number of allylic oxidation sites excluding steroid dienone is 4. The highest BCUT2D eigenvalue weighted by Crippen LogP contribution is 2.38. The van der Waals surface area contributed by atoms with Crippen molar-refractivity contribution >= 4 is 11.6 Å². The van der Waals surface area contributed by atoms with E-state index in [-0.39, 0.29) is 29.9 Å². The van der Waals surface area contributed by atoms with Crippen molar-refractivity contribution in [1.29, 1.82) is 0 Å². The molecule has 1 aliphatic rings. The third-order valence-electron chi connectivity index (χ3n) is 4.98. The van der Waals surface area contributed by atoms with Gasteiger partial charge >= 0.3 is 0 Å². The van der Waals surface area contributed by atoms with Crippen LogP contribution in [0.2, 0.25) is 0 Å². The van der Waals surface area contributed by atoms with Gasteiger partial charge in [0.25, 0.3) is 0 Å². The van der Waals surface area contributed by atoms with E-state index in [2.05, 4.69) is 0 Å². The summed E-state index contributed by atoms with van der Waals surface area (Å²) < 4.78 is 0. The van der Waals surface area contributed by atoms with E-state index in [1.165, 1.54) is 0 Å². The van der Waals surface area contributed by atoms with Crippen molar-refractivity contribution in [1.82, 2.24) is 0 Å². The average molecular weight is 376 g/mol. The van der Waals surface area contributed by atoms with Crippen molar-refractivity contribution in [2.75, 3.05) is 0 Å². The Balaban J connectivity index is 3.66. The first-order chi connectivity index (χ1) is 12.3. The van der Waals surface area contributed by atoms with Gasteiger partial charge in [0.05, 0.1) is 0 Å². The maximum absolute atomic E-state index is 12.9. The fourth-order valence-corrected chi connectivity index (χ4v) is 2.74. The molecular formula is C22H32O5. The van der Waals surface area contributed by atoms with Gasteiger partial charge in [-0.25, -0.2) is 0 Å². The number of carbonyl (C=O) groups is 2. The van der Waals surface area contributed by atoms with Gasteiger partial charge in [-0.2, -0.15) is 0 Å². The molecule has 0 amide bonds. The quantitative estimate of drug-likeness (QED) is 0.569. The van der Waals surface area contributed by atoms with Crippen LogP contribution in [0.4, 0.5) is 0 Å². The van der Waals surface area contributed by atoms with Crippen molar-refractivity contribution in [3.63, 3.8) is 0 Å². The molecule has 0 fully saturated rings. The molecule has 0 aromatic rings. The van der Waals surface area contributed by atoms with Crippen LogP contribution in [0, 0.1) is 11.8 Å². The van der Waals surface area contributed by atoms with Crippen molar-refractivity contribution in [3.05, 3.63) is 46.0 Å². The van der Waals surface area contributed by atoms with Crippen LogP contribution in [0.5, 0.6) is 0 Å². The average Bonchev–Trinajstić information content (AvgIpc) is 2.57. The summed E-state index contributed by atoms with van der Waals surface area (Å²) in [5, 5.41) is 32.4. The Morgan fingerprint density at radius 1 is 1.04 bits per heavy atom. The monoisotopic (exact) mass is 376 g/mol. The standard InChI is InChI=1S/C22H32O5/c1-12(2)8-9-16-19(24)17(18(23)15(7)14(5)6)21(26)22(27,20(16)25)11-10-13(3)4/h8,10,14-15,24,26-27H,9,11H2,1-7H3/t15?,22-/m0/s1. The molecule has 0 heterocycles. The predicted octanol–water partition coefficient (Wildman–Crippen LogP) is 4.50. The fourth-order valence-electron chi connectivity index (χ4n) is 2.74. The van der Waals surface area contributed by atoms with E-state index in [9.17, 15) is 24.9 Å². The number of Topliss-reactive ketones (excluding diaryl/α,β-unsaturated/α-hetero) is 2. The number of ketones is 2. The number of rotatable bonds is 7. The van der Waals surface area contributed by atoms with Crippen LogP contribution in [-0.2, 0) is 9.59 Å². The van der Waals surface area contributed by atoms with Gasteiger partial charge in [-0.1, -0.05) is 44.1 Å². The highest BCUT2D eigenvalue weighted by Gasteiger charge is 2.49. The van der Waals surface area contributed by atoms with Gasteiger partial charge in [0, 0.05) is 17.9 Å². The number of aliphatic hydroxyl groups excluding tert-OH is 2. The van der Waals surface area contributed by atoms with Gasteiger partial charge < -0.3 is 15.3 Å². The number of aliphatic hydroxyl groups is 3. The van der Waals surface area contributed by atoms with E-state index in [1.54, 1.807) is 19.1 Å². The summed E-state index contributed by atoms with van der Waals surface area (Å²) in [7, 11) is 0. The molecule has 5 heteroatoms. The van der Waals surface area contributed by atoms with Crippen molar-refractivity contribution in [2.45, 2.75) is 66.9 Å². The third-order valence-corrected chi connectivity index (χ3v) is 4.98. The Morgan fingerprint density at radius 3 is 2.00 bits per heavy atom. The minimum atomic E-state index is -2.25. The van der Waals surface area contributed by atoms with E-state index >= 15 is 0 Å². The highest BCUT2D eigenvalue weighted by atomic mass is 16.3. The predicted molar refractivity (Wildman–Crippen MR) is 106 cm³/mol. The van der Waals surface area contributed by atoms with Gasteiger partial charge in [-0.15, -0.1) is 0 Å². The van der Waals surface area contributed by atoms with Crippen LogP contribution in [0.3, 0.4) is 0 Å². The molecule has 0 saturated heterocycles. The Kier molecular flexibility index (Phi) is 7.38. The van der Waals surface area contributed by atoms with Crippen LogP contribution < -0.4 is 0 Å². The molecule has 0 radical (unpaired) electrons. The Labute approximate surface area is 161 Å². The highest BCUT2D eigenvalue weighted by molar-refractivity contribution is 6.12. The maximum atomic E-state index is 12.9. The first-order valence-corrected chi connectivity index (χ1v) is 9.28. The number of carbonyl (C=O) groups excluding carboxylic acids is 2. The van der Waals surface area contributed by atoms with E-state index in [4.69, 9.17) is 0 Å². The molecule has 5 nitrogen and oxygen atoms in total. The second-order valence-electron chi connectivity index (χ2n) is 8.11. The molecular weight excluding hydrogens is 344 g/mol. The second-order valence-corrected chi connectivity index (χ2v) is 8.11. The normalized spacial score (nSPS) is 21.4. The maximum Gasteiger partial charge on any atom is 0.202 e. The lowest BCUT2D eigenvalue weighted by Crippen LogP contribution is -2.46. The van der Waals surface area contributed by atoms with E-state index in [1.807, 2.05) is 41.5 Å². The molecule has 0 aromatic heterocycles. The van der Waals surface area contributed by atoms with Gasteiger partial charge in [0.2, 0.25) is 5.78 Å². The van der Waals surface area contributed by atoms with Crippen LogP contribution in [0.15, 0.2) is 46.0 Å². The Bertz CT molecular complexity index is 741. The lowest BCUT2D eigenvalue weighted by molar-refractivity contribution is -0.133. The zero-order valence-corrected chi connectivity index (χ0v) is 17.4. The number of hydrogen-bond acceptors (Lipinski definition) is 5. The Morgan fingerprint density at radius 2 is 1.56 bits per heavy atom. The molecule has 0 spiro atoms. The molecule has 0 aliphatic heterocycles. The molecule has 1 aliphatic carbocycles. The van der Waals surface area contributed by atoms with Gasteiger partial charge in [-0.05, 0) is 40.0 Å². The topological polar surface area (TPSA) is 94.8 Å². The Hall–Kier alpha value is -2.14. The fraction of sp³-hybridized carbons (Fsp3) is 0.545. The molecule has 0 aromatic carbocycles. The molecule has 1 rings (SSSR count). The van der Waals surface area contributed by atoms with E-state index in [0.717, 1.165) is 11.1 Å². The van der Waals surface area contributed by atoms with Gasteiger partial charge in [0.1, 0.15) is 17.1 Å². The summed E-state index contributed by atoms with van der Waals surface area (Å²) in [6, 6.07) is 0. The summed E-state index contributed by atoms with van der Waals surface area (Å²) in [6.07, 6.45) is 3.27. The molecule has 3 N–H and O–H groups in total. The summed E-state index contributed by atoms with van der Waals surface area (Å²) >= 11 is 0. The van der Waals surface area contributed by atoms with Crippen molar-refractivity contribution < 1.29 is 24.9 Å². The zero-order valence-electron chi connectivity index (χ0n) is 17.4. The van der Waals surface area contributed by atoms with Crippen molar-refractivity contribution in [2.24, 2.45) is 11.8 Å². The number of hydrogen-bond donors (Lipinski definition) is 3. The largest absolute Gasteiger partial charge is 0.508 e. The third kappa shape index (κ3) is 4.78. The molecule has 2 atom stereocenters. The molecule has 27 heavy (non-hydrogen) atoms. The van der Waals surface area contributed by atoms with Gasteiger partial charge in [-0.3, -0.25) is 9.59 Å². The minimum absolute atomic E-state index is 0.0321. The van der Waals surface area contributed by atoms with E-state index < -0.39 is 34.6 Å². The first-order valence-electron chi connectivity index (χ1n) is 9.28. The summed E-state index contributed by atoms with van der Waals surface area (Å²) in [5.41, 5.74) is -0.874. The van der Waals surface area contributed by atoms with Crippen LogP contribution >= 0.6 is 0 Å². The van der Waals surface area contributed by atoms with Crippen LogP contribution in [0.1, 0.15) is 61.3 Å². The molecule has 0 bridgehead atoms. The summed E-state index contributed by atoms with van der Waals surface area (Å²) in [6.45, 7) is 12.7. The zero-order chi connectivity index (χ0) is 21.1. The summed E-state index contributed by atoms with van der Waals surface area (Å²) in [4.78, 5) is 25.8. The first kappa shape index (κ1) is 22.9. The SMILES string of the molecule is CC(C)=CCC1=C(O)C(C(=O)C(C)C(C)C)=C(O)[C@](O)(CC=C(C)C)C1=O. The van der Waals surface area contributed by atoms with Crippen molar-refractivity contribution in [3.8, 4) is 0 Å². The van der Waals surface area contributed by atoms with Crippen LogP contribution in [0.25, 0.3) is 0 Å². The van der Waals surface area contributed by atoms with E-state index in [0.29, 0.717) is 0 Å². The lowest BCUT2D eigenvalue weighted by Gasteiger charge is -2.33. The molecule has 1 unspecified atom stereocenters. The molecule has 150 valence electrons. The van der Waals surface area contributed by atoms with Gasteiger partial charge in [0.15, 0.2) is 11.4 Å². The molecule has 0 saturated carbocycles. The summed E-state index contributed by atoms with van der Waals surface area (Å²) in [5.74, 6) is -3.08. The minimum Gasteiger partial charge on any atom is -0.508 e. The van der Waals surface area contributed by atoms with Crippen LogP contribution in [-0.4, -0.2) is 32.5 Å².